The van der Waals surface area contributed by atoms with E-state index < -0.39 is 21.8 Å². The molecule has 3 rings (SSSR count). The number of benzene rings is 1. The van der Waals surface area contributed by atoms with E-state index in [1.807, 2.05) is 31.2 Å². The summed E-state index contributed by atoms with van der Waals surface area (Å²) in [5.74, 6) is -0.773. The van der Waals surface area contributed by atoms with Crippen LogP contribution in [-0.4, -0.2) is 42.8 Å². The van der Waals surface area contributed by atoms with Gasteiger partial charge in [-0.05, 0) is 30.5 Å². The van der Waals surface area contributed by atoms with Crippen molar-refractivity contribution in [2.75, 3.05) is 16.8 Å². The highest BCUT2D eigenvalue weighted by Gasteiger charge is 2.29. The van der Waals surface area contributed by atoms with Gasteiger partial charge in [-0.25, -0.2) is 8.42 Å². The lowest BCUT2D eigenvalue weighted by atomic mass is 10.1. The molecule has 1 aromatic heterocycles. The van der Waals surface area contributed by atoms with Crippen LogP contribution >= 0.6 is 0 Å². The summed E-state index contributed by atoms with van der Waals surface area (Å²) in [7, 11) is -3.08. The third-order valence-electron chi connectivity index (χ3n) is 4.48. The molecule has 1 aliphatic heterocycles. The fraction of sp³-hybridized carbons (Fsp3) is 0.316. The zero-order chi connectivity index (χ0) is 19.4. The highest BCUT2D eigenvalue weighted by atomic mass is 32.2. The smallest absolute Gasteiger partial charge is 0.257 e. The maximum atomic E-state index is 12.5. The zero-order valence-electron chi connectivity index (χ0n) is 14.9. The Bertz CT molecular complexity index is 972. The minimum absolute atomic E-state index is 0.0554. The normalized spacial score (nSPS) is 18.0. The van der Waals surface area contributed by atoms with Gasteiger partial charge >= 0.3 is 0 Å². The summed E-state index contributed by atoms with van der Waals surface area (Å²) in [4.78, 5) is 28.9. The molecule has 1 unspecified atom stereocenters. The molecule has 1 saturated heterocycles. The molecule has 0 bridgehead atoms. The van der Waals surface area contributed by atoms with Gasteiger partial charge < -0.3 is 10.6 Å². The molecule has 7 nitrogen and oxygen atoms in total. The van der Waals surface area contributed by atoms with Gasteiger partial charge in [0.15, 0.2) is 9.84 Å². The Kier molecular flexibility index (Phi) is 5.55. The summed E-state index contributed by atoms with van der Waals surface area (Å²) >= 11 is 0. The number of sulfone groups is 1. The largest absolute Gasteiger partial charge is 0.348 e. The number of hydrogen-bond acceptors (Lipinski definition) is 5. The molecule has 0 aliphatic carbocycles. The van der Waals surface area contributed by atoms with E-state index in [9.17, 15) is 18.0 Å². The van der Waals surface area contributed by atoms with Gasteiger partial charge in [-0.3, -0.25) is 14.6 Å². The number of amides is 2. The number of anilines is 1. The average Bonchev–Trinajstić information content (AvgIpc) is 3.00. The van der Waals surface area contributed by atoms with Crippen LogP contribution in [0.5, 0.6) is 0 Å². The van der Waals surface area contributed by atoms with Crippen molar-refractivity contribution in [1.29, 1.82) is 0 Å². The number of para-hydroxylation sites is 1. The van der Waals surface area contributed by atoms with Gasteiger partial charge in [-0.15, -0.1) is 0 Å². The highest BCUT2D eigenvalue weighted by Crippen LogP contribution is 2.17. The van der Waals surface area contributed by atoms with E-state index in [4.69, 9.17) is 0 Å². The van der Waals surface area contributed by atoms with Crippen LogP contribution < -0.4 is 10.6 Å². The molecule has 8 heteroatoms. The first kappa shape index (κ1) is 19.0. The van der Waals surface area contributed by atoms with Crippen molar-refractivity contribution >= 4 is 27.3 Å². The van der Waals surface area contributed by atoms with Gasteiger partial charge in [-0.2, -0.15) is 0 Å². The van der Waals surface area contributed by atoms with Crippen molar-refractivity contribution in [3.8, 4) is 0 Å². The van der Waals surface area contributed by atoms with E-state index in [1.54, 1.807) is 0 Å². The molecule has 0 saturated carbocycles. The average molecular weight is 387 g/mol. The van der Waals surface area contributed by atoms with Crippen molar-refractivity contribution in [3.05, 3.63) is 59.4 Å². The summed E-state index contributed by atoms with van der Waals surface area (Å²) in [6.07, 6.45) is 3.92. The van der Waals surface area contributed by atoms with Crippen LogP contribution in [0.4, 0.5) is 5.69 Å². The molecular formula is C19H21N3O4S. The van der Waals surface area contributed by atoms with Gasteiger partial charge in [0.1, 0.15) is 0 Å². The maximum Gasteiger partial charge on any atom is 0.257 e. The molecule has 1 aliphatic rings. The van der Waals surface area contributed by atoms with Crippen LogP contribution in [-0.2, 0) is 16.3 Å². The molecule has 27 heavy (non-hydrogen) atoms. The molecule has 1 aromatic carbocycles. The summed E-state index contributed by atoms with van der Waals surface area (Å²) in [5, 5.41) is 5.53. The first-order valence-corrected chi connectivity index (χ1v) is 10.6. The second kappa shape index (κ2) is 7.87. The van der Waals surface area contributed by atoms with Gasteiger partial charge in [-0.1, -0.05) is 25.1 Å². The monoisotopic (exact) mass is 387 g/mol. The molecule has 2 aromatic rings. The Morgan fingerprint density at radius 2 is 1.85 bits per heavy atom. The number of carbonyl (C=O) groups excluding carboxylic acids is 2. The van der Waals surface area contributed by atoms with Crippen molar-refractivity contribution in [3.63, 3.8) is 0 Å². The van der Waals surface area contributed by atoms with Gasteiger partial charge in [0.05, 0.1) is 22.6 Å². The minimum atomic E-state index is -3.08. The topological polar surface area (TPSA) is 105 Å². The standard InChI is InChI=1S/C19H21N3O4S/c1-2-13-5-3-4-6-17(13)22-19(24)15-9-14(10-20-11-15)18(23)21-16-7-8-27(25,26)12-16/h3-6,9-11,16H,2,7-8,12H2,1H3,(H,21,23)(H,22,24). The number of carbonyl (C=O) groups is 2. The van der Waals surface area contributed by atoms with Crippen molar-refractivity contribution in [1.82, 2.24) is 10.3 Å². The zero-order valence-corrected chi connectivity index (χ0v) is 15.8. The fourth-order valence-electron chi connectivity index (χ4n) is 3.01. The number of aromatic nitrogens is 1. The Hall–Kier alpha value is -2.74. The summed E-state index contributed by atoms with van der Waals surface area (Å²) in [6.45, 7) is 2.00. The summed E-state index contributed by atoms with van der Waals surface area (Å²) in [6, 6.07) is 8.55. The first-order valence-electron chi connectivity index (χ1n) is 8.73. The predicted octanol–water partition coefficient (Wildman–Crippen LogP) is 1.81. The van der Waals surface area contributed by atoms with E-state index in [1.165, 1.54) is 18.5 Å². The lowest BCUT2D eigenvalue weighted by Crippen LogP contribution is -2.35. The number of pyridine rings is 1. The van der Waals surface area contributed by atoms with E-state index in [2.05, 4.69) is 15.6 Å². The Morgan fingerprint density at radius 1 is 1.15 bits per heavy atom. The quantitative estimate of drug-likeness (QED) is 0.814. The summed E-state index contributed by atoms with van der Waals surface area (Å²) in [5.41, 5.74) is 2.20. The Balaban J connectivity index is 1.71. The molecule has 1 fully saturated rings. The van der Waals surface area contributed by atoms with Crippen LogP contribution in [0.2, 0.25) is 0 Å². The number of nitrogens with zero attached hydrogens (tertiary/aromatic N) is 1. The Morgan fingerprint density at radius 3 is 2.52 bits per heavy atom. The lowest BCUT2D eigenvalue weighted by molar-refractivity contribution is 0.0940. The summed E-state index contributed by atoms with van der Waals surface area (Å²) < 4.78 is 23.0. The fourth-order valence-corrected chi connectivity index (χ4v) is 4.68. The molecule has 2 heterocycles. The number of nitrogens with one attached hydrogen (secondary N) is 2. The molecule has 2 N–H and O–H groups in total. The van der Waals surface area contributed by atoms with Gasteiger partial charge in [0.2, 0.25) is 0 Å². The Labute approximate surface area is 158 Å². The minimum Gasteiger partial charge on any atom is -0.348 e. The van der Waals surface area contributed by atoms with E-state index >= 15 is 0 Å². The molecule has 0 radical (unpaired) electrons. The first-order chi connectivity index (χ1) is 12.9. The highest BCUT2D eigenvalue weighted by molar-refractivity contribution is 7.91. The second-order valence-corrected chi connectivity index (χ2v) is 8.73. The van der Waals surface area contributed by atoms with Crippen molar-refractivity contribution in [2.24, 2.45) is 0 Å². The predicted molar refractivity (Wildman–Crippen MR) is 103 cm³/mol. The molecule has 1 atom stereocenters. The van der Waals surface area contributed by atoms with Crippen LogP contribution in [0.1, 0.15) is 39.6 Å². The van der Waals surface area contributed by atoms with Crippen molar-refractivity contribution < 1.29 is 18.0 Å². The molecular weight excluding hydrogens is 366 g/mol. The van der Waals surface area contributed by atoms with Gasteiger partial charge in [0.25, 0.3) is 11.8 Å². The third kappa shape index (κ3) is 4.71. The number of rotatable bonds is 5. The van der Waals surface area contributed by atoms with Crippen LogP contribution in [0.3, 0.4) is 0 Å². The molecule has 142 valence electrons. The van der Waals surface area contributed by atoms with E-state index in [0.717, 1.165) is 17.7 Å². The van der Waals surface area contributed by atoms with Crippen LogP contribution in [0, 0.1) is 0 Å². The molecule has 0 spiro atoms. The SMILES string of the molecule is CCc1ccccc1NC(=O)c1cncc(C(=O)NC2CCS(=O)(=O)C2)c1. The van der Waals surface area contributed by atoms with Crippen LogP contribution in [0.25, 0.3) is 0 Å². The maximum absolute atomic E-state index is 12.5. The number of aryl methyl sites for hydroxylation is 1. The van der Waals surface area contributed by atoms with E-state index in [-0.39, 0.29) is 28.5 Å². The van der Waals surface area contributed by atoms with E-state index in [0.29, 0.717) is 6.42 Å². The third-order valence-corrected chi connectivity index (χ3v) is 6.24. The molecule has 2 amide bonds. The van der Waals surface area contributed by atoms with Gasteiger partial charge in [0, 0.05) is 24.1 Å². The lowest BCUT2D eigenvalue weighted by Gasteiger charge is -2.12. The second-order valence-electron chi connectivity index (χ2n) is 6.50. The number of hydrogen-bond donors (Lipinski definition) is 2. The van der Waals surface area contributed by atoms with Crippen LogP contribution in [0.15, 0.2) is 42.7 Å². The van der Waals surface area contributed by atoms with Crippen molar-refractivity contribution in [2.45, 2.75) is 25.8 Å².